The van der Waals surface area contributed by atoms with Crippen molar-refractivity contribution in [3.05, 3.63) is 40.2 Å². The number of rotatable bonds is 3. The van der Waals surface area contributed by atoms with Gasteiger partial charge in [0.05, 0.1) is 0 Å². The van der Waals surface area contributed by atoms with Gasteiger partial charge in [0, 0.05) is 17.5 Å². The minimum absolute atomic E-state index is 0.196. The molecule has 1 aromatic heterocycles. The Bertz CT molecular complexity index is 648. The Balaban J connectivity index is 2.32. The lowest BCUT2D eigenvalue weighted by atomic mass is 10.1. The lowest BCUT2D eigenvalue weighted by molar-refractivity contribution is -0.123. The number of hydrazine groups is 1. The topological polar surface area (TPSA) is 94.6 Å². The van der Waals surface area contributed by atoms with E-state index in [0.717, 1.165) is 10.9 Å². The molecule has 6 heteroatoms. The van der Waals surface area contributed by atoms with Crippen LogP contribution in [0.15, 0.2) is 33.5 Å². The molecule has 2 rings (SSSR count). The molecule has 0 aliphatic heterocycles. The van der Waals surface area contributed by atoms with E-state index >= 15 is 0 Å². The summed E-state index contributed by atoms with van der Waals surface area (Å²) in [6, 6.07) is 6.45. The Labute approximate surface area is 102 Å². The molecule has 18 heavy (non-hydrogen) atoms. The number of ether oxygens (including phenoxy) is 1. The molecule has 2 aromatic rings. The summed E-state index contributed by atoms with van der Waals surface area (Å²) in [7, 11) is 0. The lowest BCUT2D eigenvalue weighted by Crippen LogP contribution is -2.34. The van der Waals surface area contributed by atoms with Gasteiger partial charge in [-0.1, -0.05) is 0 Å². The zero-order chi connectivity index (χ0) is 13.1. The van der Waals surface area contributed by atoms with E-state index in [0.29, 0.717) is 11.3 Å². The first kappa shape index (κ1) is 12.1. The first-order chi connectivity index (χ1) is 8.60. The third-order valence-corrected chi connectivity index (χ3v) is 2.45. The zero-order valence-corrected chi connectivity index (χ0v) is 9.73. The summed E-state index contributed by atoms with van der Waals surface area (Å²) in [6.07, 6.45) is 0. The van der Waals surface area contributed by atoms with E-state index in [1.54, 1.807) is 18.2 Å². The van der Waals surface area contributed by atoms with Gasteiger partial charge in [0.15, 0.2) is 6.61 Å². The van der Waals surface area contributed by atoms with Crippen molar-refractivity contribution in [1.82, 2.24) is 5.43 Å². The maximum Gasteiger partial charge on any atom is 0.336 e. The molecule has 1 aromatic carbocycles. The van der Waals surface area contributed by atoms with E-state index < -0.39 is 11.5 Å². The number of carbonyl (C=O) groups is 1. The number of carbonyl (C=O) groups excluding carboxylic acids is 1. The standard InChI is InChI=1S/C12H12N2O4/c1-7-4-12(16)18-10-5-8(2-3-9(7)10)17-6-11(15)14-13/h2-5H,6,13H2,1H3,(H,14,15). The van der Waals surface area contributed by atoms with Crippen molar-refractivity contribution in [2.45, 2.75) is 6.92 Å². The molecule has 1 amide bonds. The smallest absolute Gasteiger partial charge is 0.336 e. The molecule has 94 valence electrons. The lowest BCUT2D eigenvalue weighted by Gasteiger charge is -2.06. The van der Waals surface area contributed by atoms with Crippen LogP contribution in [-0.4, -0.2) is 12.5 Å². The van der Waals surface area contributed by atoms with E-state index in [1.165, 1.54) is 6.07 Å². The van der Waals surface area contributed by atoms with E-state index in [2.05, 4.69) is 0 Å². The summed E-state index contributed by atoms with van der Waals surface area (Å²) in [5, 5.41) is 0.824. The van der Waals surface area contributed by atoms with Crippen LogP contribution in [0, 0.1) is 6.92 Å². The number of amides is 1. The SMILES string of the molecule is Cc1cc(=O)oc2cc(OCC(=O)NN)ccc12. The first-order valence-electron chi connectivity index (χ1n) is 5.27. The van der Waals surface area contributed by atoms with Gasteiger partial charge in [-0.05, 0) is 24.6 Å². The van der Waals surface area contributed by atoms with Crippen molar-refractivity contribution < 1.29 is 13.9 Å². The Morgan fingerprint density at radius 1 is 1.44 bits per heavy atom. The van der Waals surface area contributed by atoms with Crippen molar-refractivity contribution in [2.24, 2.45) is 5.84 Å². The van der Waals surface area contributed by atoms with Crippen molar-refractivity contribution in [2.75, 3.05) is 6.61 Å². The largest absolute Gasteiger partial charge is 0.484 e. The molecule has 6 nitrogen and oxygen atoms in total. The Morgan fingerprint density at radius 2 is 2.22 bits per heavy atom. The van der Waals surface area contributed by atoms with Crippen LogP contribution in [0.3, 0.4) is 0 Å². The minimum atomic E-state index is -0.444. The van der Waals surface area contributed by atoms with Gasteiger partial charge in [0.25, 0.3) is 5.91 Å². The van der Waals surface area contributed by atoms with Gasteiger partial charge in [-0.25, -0.2) is 10.6 Å². The number of hydrogen-bond donors (Lipinski definition) is 2. The fourth-order valence-corrected chi connectivity index (χ4v) is 1.59. The monoisotopic (exact) mass is 248 g/mol. The summed E-state index contributed by atoms with van der Waals surface area (Å²) in [5.41, 5.74) is 2.78. The summed E-state index contributed by atoms with van der Waals surface area (Å²) >= 11 is 0. The molecule has 0 unspecified atom stereocenters. The van der Waals surface area contributed by atoms with Gasteiger partial charge in [-0.15, -0.1) is 0 Å². The molecule has 0 aliphatic carbocycles. The normalized spacial score (nSPS) is 10.3. The summed E-state index contributed by atoms with van der Waals surface area (Å²) < 4.78 is 10.2. The Morgan fingerprint density at radius 3 is 2.94 bits per heavy atom. The Kier molecular flexibility index (Phi) is 3.29. The average molecular weight is 248 g/mol. The van der Waals surface area contributed by atoms with Crippen LogP contribution in [-0.2, 0) is 4.79 Å². The van der Waals surface area contributed by atoms with E-state index in [9.17, 15) is 9.59 Å². The number of hydrogen-bond acceptors (Lipinski definition) is 5. The highest BCUT2D eigenvalue weighted by atomic mass is 16.5. The highest BCUT2D eigenvalue weighted by Gasteiger charge is 2.05. The van der Waals surface area contributed by atoms with Gasteiger partial charge in [-0.2, -0.15) is 0 Å². The Hall–Kier alpha value is -2.34. The van der Waals surface area contributed by atoms with E-state index in [4.69, 9.17) is 15.0 Å². The molecule has 0 spiro atoms. The molecule has 3 N–H and O–H groups in total. The molecule has 0 saturated carbocycles. The molecule has 0 bridgehead atoms. The average Bonchev–Trinajstić information content (AvgIpc) is 2.35. The van der Waals surface area contributed by atoms with Crippen LogP contribution in [0.2, 0.25) is 0 Å². The van der Waals surface area contributed by atoms with Crippen LogP contribution >= 0.6 is 0 Å². The van der Waals surface area contributed by atoms with Crippen molar-refractivity contribution >= 4 is 16.9 Å². The summed E-state index contributed by atoms with van der Waals surface area (Å²) in [6.45, 7) is 1.62. The van der Waals surface area contributed by atoms with Crippen LogP contribution < -0.4 is 21.6 Å². The highest BCUT2D eigenvalue weighted by molar-refractivity contribution is 5.81. The van der Waals surface area contributed by atoms with Crippen molar-refractivity contribution in [3.63, 3.8) is 0 Å². The molecule has 1 heterocycles. The number of nitrogens with two attached hydrogens (primary N) is 1. The van der Waals surface area contributed by atoms with Crippen LogP contribution in [0.25, 0.3) is 11.0 Å². The summed E-state index contributed by atoms with van der Waals surface area (Å²) in [5.74, 6) is 4.91. The van der Waals surface area contributed by atoms with Crippen LogP contribution in [0.1, 0.15) is 5.56 Å². The molecular formula is C12H12N2O4. The predicted octanol–water partition coefficient (Wildman–Crippen LogP) is 0.470. The molecule has 0 saturated heterocycles. The maximum atomic E-state index is 11.2. The molecular weight excluding hydrogens is 236 g/mol. The number of aryl methyl sites for hydroxylation is 1. The quantitative estimate of drug-likeness (QED) is 0.356. The van der Waals surface area contributed by atoms with Crippen molar-refractivity contribution in [1.29, 1.82) is 0 Å². The predicted molar refractivity (Wildman–Crippen MR) is 65.0 cm³/mol. The fraction of sp³-hybridized carbons (Fsp3) is 0.167. The fourth-order valence-electron chi connectivity index (χ4n) is 1.59. The highest BCUT2D eigenvalue weighted by Crippen LogP contribution is 2.21. The van der Waals surface area contributed by atoms with Gasteiger partial charge in [0.2, 0.25) is 0 Å². The molecule has 0 fully saturated rings. The molecule has 0 atom stereocenters. The van der Waals surface area contributed by atoms with Gasteiger partial charge < -0.3 is 9.15 Å². The number of benzene rings is 1. The second kappa shape index (κ2) is 4.89. The number of nitrogens with one attached hydrogen (secondary N) is 1. The van der Waals surface area contributed by atoms with E-state index in [-0.39, 0.29) is 6.61 Å². The zero-order valence-electron chi connectivity index (χ0n) is 9.73. The third kappa shape index (κ3) is 2.49. The number of fused-ring (bicyclic) bond motifs is 1. The van der Waals surface area contributed by atoms with Gasteiger partial charge >= 0.3 is 5.63 Å². The molecule has 0 radical (unpaired) electrons. The first-order valence-corrected chi connectivity index (χ1v) is 5.27. The van der Waals surface area contributed by atoms with E-state index in [1.807, 2.05) is 12.3 Å². The van der Waals surface area contributed by atoms with Crippen molar-refractivity contribution in [3.8, 4) is 5.75 Å². The maximum absolute atomic E-state index is 11.2. The van der Waals surface area contributed by atoms with Crippen LogP contribution in [0.5, 0.6) is 5.75 Å². The minimum Gasteiger partial charge on any atom is -0.484 e. The second-order valence-electron chi connectivity index (χ2n) is 3.76. The van der Waals surface area contributed by atoms with Gasteiger partial charge in [0.1, 0.15) is 11.3 Å². The molecule has 0 aliphatic rings. The summed E-state index contributed by atoms with van der Waals surface area (Å²) in [4.78, 5) is 22.2. The third-order valence-electron chi connectivity index (χ3n) is 2.45. The second-order valence-corrected chi connectivity index (χ2v) is 3.76. The van der Waals surface area contributed by atoms with Gasteiger partial charge in [-0.3, -0.25) is 10.2 Å². The van der Waals surface area contributed by atoms with Crippen LogP contribution in [0.4, 0.5) is 0 Å².